The number of hydrogen-bond acceptors (Lipinski definition) is 4. The predicted octanol–water partition coefficient (Wildman–Crippen LogP) is 3.68. The molecule has 2 aromatic carbocycles. The van der Waals surface area contributed by atoms with Crippen molar-refractivity contribution in [2.45, 2.75) is 6.92 Å². The van der Waals surface area contributed by atoms with Gasteiger partial charge in [-0.1, -0.05) is 30.3 Å². The van der Waals surface area contributed by atoms with Crippen molar-refractivity contribution in [3.8, 4) is 5.75 Å². The molecule has 0 saturated carbocycles. The highest BCUT2D eigenvalue weighted by Gasteiger charge is 2.15. The number of aryl methyl sites for hydroxylation is 1. The first-order chi connectivity index (χ1) is 12.1. The average molecular weight is 351 g/mol. The zero-order valence-corrected chi connectivity index (χ0v) is 14.7. The van der Waals surface area contributed by atoms with Crippen LogP contribution in [-0.4, -0.2) is 23.1 Å². The van der Waals surface area contributed by atoms with Crippen LogP contribution in [0.5, 0.6) is 5.75 Å². The Balaban J connectivity index is 1.80. The van der Waals surface area contributed by atoms with E-state index in [0.717, 1.165) is 16.5 Å². The van der Waals surface area contributed by atoms with Gasteiger partial charge in [-0.3, -0.25) is 10.1 Å². The van der Waals surface area contributed by atoms with E-state index in [1.54, 1.807) is 12.1 Å². The van der Waals surface area contributed by atoms with Crippen LogP contribution in [0.25, 0.3) is 10.8 Å². The summed E-state index contributed by atoms with van der Waals surface area (Å²) in [4.78, 5) is 16.9. The molecule has 3 aromatic rings. The number of methoxy groups -OCH3 is 1. The average Bonchev–Trinajstić information content (AvgIpc) is 2.60. The fourth-order valence-electron chi connectivity index (χ4n) is 2.50. The first-order valence-electron chi connectivity index (χ1n) is 7.69. The molecule has 0 bridgehead atoms. The molecule has 6 heteroatoms. The molecule has 0 spiro atoms. The summed E-state index contributed by atoms with van der Waals surface area (Å²) in [7, 11) is 1.54. The van der Waals surface area contributed by atoms with Gasteiger partial charge < -0.3 is 10.1 Å². The lowest BCUT2D eigenvalue weighted by Crippen LogP contribution is -2.34. The number of carbonyl (C=O) groups excluding carboxylic acids is 1. The minimum absolute atomic E-state index is 0.179. The number of benzene rings is 2. The number of amides is 1. The summed E-state index contributed by atoms with van der Waals surface area (Å²) in [5, 5.41) is 7.70. The molecule has 0 saturated heterocycles. The van der Waals surface area contributed by atoms with Crippen molar-refractivity contribution in [2.75, 3.05) is 12.4 Å². The summed E-state index contributed by atoms with van der Waals surface area (Å²) < 4.78 is 5.35. The normalized spacial score (nSPS) is 10.3. The molecule has 0 unspecified atom stereocenters. The number of anilines is 1. The summed E-state index contributed by atoms with van der Waals surface area (Å²) in [6.07, 6.45) is 0. The van der Waals surface area contributed by atoms with Gasteiger partial charge in [-0.15, -0.1) is 0 Å². The number of hydrogen-bond donors (Lipinski definition) is 2. The molecular formula is C19H17N3O2S. The van der Waals surface area contributed by atoms with Crippen molar-refractivity contribution in [1.82, 2.24) is 10.3 Å². The fraction of sp³-hybridized carbons (Fsp3) is 0.105. The number of aromatic nitrogens is 1. The molecule has 25 heavy (non-hydrogen) atoms. The van der Waals surface area contributed by atoms with Crippen LogP contribution < -0.4 is 15.4 Å². The van der Waals surface area contributed by atoms with Gasteiger partial charge >= 0.3 is 0 Å². The van der Waals surface area contributed by atoms with Crippen molar-refractivity contribution < 1.29 is 9.53 Å². The van der Waals surface area contributed by atoms with Gasteiger partial charge in [-0.25, -0.2) is 4.98 Å². The van der Waals surface area contributed by atoms with Crippen molar-refractivity contribution in [3.05, 3.63) is 65.9 Å². The number of carbonyl (C=O) groups is 1. The largest absolute Gasteiger partial charge is 0.496 e. The second-order valence-corrected chi connectivity index (χ2v) is 5.88. The first-order valence-corrected chi connectivity index (χ1v) is 8.10. The Labute approximate surface area is 151 Å². The third-order valence-electron chi connectivity index (χ3n) is 3.67. The Morgan fingerprint density at radius 1 is 1.08 bits per heavy atom. The predicted molar refractivity (Wildman–Crippen MR) is 103 cm³/mol. The van der Waals surface area contributed by atoms with Crippen LogP contribution in [0.1, 0.15) is 16.1 Å². The highest BCUT2D eigenvalue weighted by Crippen LogP contribution is 2.25. The summed E-state index contributed by atoms with van der Waals surface area (Å²) in [5.41, 5.74) is 1.28. The summed E-state index contributed by atoms with van der Waals surface area (Å²) in [6, 6.07) is 16.9. The molecule has 0 aliphatic heterocycles. The zero-order chi connectivity index (χ0) is 17.8. The summed E-state index contributed by atoms with van der Waals surface area (Å²) in [5.74, 6) is 0.733. The van der Waals surface area contributed by atoms with E-state index in [4.69, 9.17) is 17.0 Å². The highest BCUT2D eigenvalue weighted by atomic mass is 32.1. The Hall–Kier alpha value is -2.99. The maximum Gasteiger partial charge on any atom is 0.261 e. The molecule has 1 amide bonds. The van der Waals surface area contributed by atoms with E-state index in [1.165, 1.54) is 7.11 Å². The SMILES string of the molecule is COc1cc2ccccc2cc1C(=O)NC(=S)Nc1cccc(C)n1. The van der Waals surface area contributed by atoms with Gasteiger partial charge in [0.05, 0.1) is 12.7 Å². The zero-order valence-electron chi connectivity index (χ0n) is 13.9. The van der Waals surface area contributed by atoms with Gasteiger partial charge in [0.15, 0.2) is 5.11 Å². The second kappa shape index (κ2) is 7.27. The second-order valence-electron chi connectivity index (χ2n) is 5.47. The third kappa shape index (κ3) is 3.92. The lowest BCUT2D eigenvalue weighted by Gasteiger charge is -2.12. The van der Waals surface area contributed by atoms with E-state index < -0.39 is 0 Å². The van der Waals surface area contributed by atoms with Crippen LogP contribution in [0.3, 0.4) is 0 Å². The smallest absolute Gasteiger partial charge is 0.261 e. The van der Waals surface area contributed by atoms with Gasteiger partial charge in [-0.2, -0.15) is 0 Å². The maximum atomic E-state index is 12.6. The van der Waals surface area contributed by atoms with Crippen LogP contribution >= 0.6 is 12.2 Å². The number of ether oxygens (including phenoxy) is 1. The Kier molecular flexibility index (Phi) is 4.90. The molecule has 2 N–H and O–H groups in total. The lowest BCUT2D eigenvalue weighted by atomic mass is 10.1. The standard InChI is InChI=1S/C19H17N3O2S/c1-12-6-5-9-17(20-12)21-19(25)22-18(23)15-10-13-7-3-4-8-14(13)11-16(15)24-2/h3-11H,1-2H3,(H2,20,21,22,23,25). The van der Waals surface area contributed by atoms with E-state index >= 15 is 0 Å². The molecule has 5 nitrogen and oxygen atoms in total. The van der Waals surface area contributed by atoms with Crippen molar-refractivity contribution >= 4 is 39.8 Å². The van der Waals surface area contributed by atoms with Crippen LogP contribution in [0.4, 0.5) is 5.82 Å². The van der Waals surface area contributed by atoms with Gasteiger partial charge in [0.2, 0.25) is 0 Å². The minimum atomic E-state index is -0.340. The molecule has 0 fully saturated rings. The van der Waals surface area contributed by atoms with Gasteiger partial charge in [0, 0.05) is 5.69 Å². The molecule has 0 radical (unpaired) electrons. The van der Waals surface area contributed by atoms with E-state index in [-0.39, 0.29) is 11.0 Å². The lowest BCUT2D eigenvalue weighted by molar-refractivity contribution is 0.0975. The van der Waals surface area contributed by atoms with Crippen LogP contribution in [0, 0.1) is 6.92 Å². The van der Waals surface area contributed by atoms with Gasteiger partial charge in [0.1, 0.15) is 11.6 Å². The number of thiocarbonyl (C=S) groups is 1. The van der Waals surface area contributed by atoms with Gasteiger partial charge in [0.25, 0.3) is 5.91 Å². The van der Waals surface area contributed by atoms with Crippen molar-refractivity contribution in [1.29, 1.82) is 0 Å². The molecule has 0 atom stereocenters. The van der Waals surface area contributed by atoms with Crippen LogP contribution in [-0.2, 0) is 0 Å². The molecule has 0 aliphatic rings. The Morgan fingerprint density at radius 3 is 2.48 bits per heavy atom. The van der Waals surface area contributed by atoms with Crippen molar-refractivity contribution in [3.63, 3.8) is 0 Å². The molecule has 3 rings (SSSR count). The number of fused-ring (bicyclic) bond motifs is 1. The summed E-state index contributed by atoms with van der Waals surface area (Å²) in [6.45, 7) is 1.88. The first kappa shape index (κ1) is 16.9. The number of pyridine rings is 1. The monoisotopic (exact) mass is 351 g/mol. The summed E-state index contributed by atoms with van der Waals surface area (Å²) >= 11 is 5.21. The van der Waals surface area contributed by atoms with E-state index in [0.29, 0.717) is 17.1 Å². The van der Waals surface area contributed by atoms with E-state index in [1.807, 2.05) is 49.4 Å². The van der Waals surface area contributed by atoms with E-state index in [2.05, 4.69) is 15.6 Å². The van der Waals surface area contributed by atoms with Gasteiger partial charge in [-0.05, 0) is 54.2 Å². The Morgan fingerprint density at radius 2 is 1.80 bits per heavy atom. The van der Waals surface area contributed by atoms with E-state index in [9.17, 15) is 4.79 Å². The number of nitrogens with one attached hydrogen (secondary N) is 2. The molecule has 1 aromatic heterocycles. The number of rotatable bonds is 3. The highest BCUT2D eigenvalue weighted by molar-refractivity contribution is 7.80. The molecule has 126 valence electrons. The van der Waals surface area contributed by atoms with Crippen molar-refractivity contribution in [2.24, 2.45) is 0 Å². The van der Waals surface area contributed by atoms with Crippen LogP contribution in [0.15, 0.2) is 54.6 Å². The quantitative estimate of drug-likeness (QED) is 0.705. The minimum Gasteiger partial charge on any atom is -0.496 e. The molecule has 1 heterocycles. The topological polar surface area (TPSA) is 63.2 Å². The number of nitrogens with zero attached hydrogens (tertiary/aromatic N) is 1. The molecule has 0 aliphatic carbocycles. The molecular weight excluding hydrogens is 334 g/mol. The fourth-order valence-corrected chi connectivity index (χ4v) is 2.69. The Bertz CT molecular complexity index is 956. The third-order valence-corrected chi connectivity index (χ3v) is 3.87. The maximum absolute atomic E-state index is 12.6. The van der Waals surface area contributed by atoms with Crippen LogP contribution in [0.2, 0.25) is 0 Å².